The molecule has 5 aromatic rings. The summed E-state index contributed by atoms with van der Waals surface area (Å²) in [5.74, 6) is -0.134. The van der Waals surface area contributed by atoms with E-state index in [0.29, 0.717) is 37.7 Å². The Balaban J connectivity index is 1.53. The van der Waals surface area contributed by atoms with Crippen LogP contribution in [0.25, 0.3) is 23.1 Å². The highest BCUT2D eigenvalue weighted by atomic mass is 32.1. The molecule has 0 aliphatic carbocycles. The van der Waals surface area contributed by atoms with E-state index in [0.717, 1.165) is 11.1 Å². The van der Waals surface area contributed by atoms with Crippen molar-refractivity contribution in [2.75, 3.05) is 13.7 Å². The third-order valence-electron chi connectivity index (χ3n) is 6.99. The molecule has 3 aromatic carbocycles. The molecule has 0 amide bonds. The van der Waals surface area contributed by atoms with Crippen molar-refractivity contribution in [3.05, 3.63) is 145 Å². The van der Waals surface area contributed by atoms with Gasteiger partial charge in [-0.15, -0.1) is 0 Å². The molecular weight excluding hydrogens is 564 g/mol. The van der Waals surface area contributed by atoms with Gasteiger partial charge in [-0.1, -0.05) is 90.2 Å². The van der Waals surface area contributed by atoms with Gasteiger partial charge in [-0.3, -0.25) is 9.36 Å². The van der Waals surface area contributed by atoms with Crippen molar-refractivity contribution >= 4 is 35.0 Å². The van der Waals surface area contributed by atoms with Crippen LogP contribution in [0.5, 0.6) is 0 Å². The van der Waals surface area contributed by atoms with Crippen LogP contribution in [0.4, 0.5) is 0 Å². The second-order valence-electron chi connectivity index (χ2n) is 9.58. The summed E-state index contributed by atoms with van der Waals surface area (Å²) in [6.07, 6.45) is 1.65. The number of ether oxygens (including phenoxy) is 2. The minimum Gasteiger partial charge on any atom is -0.465 e. The lowest BCUT2D eigenvalue weighted by Crippen LogP contribution is -2.39. The minimum absolute atomic E-state index is 0.177. The Morgan fingerprint density at radius 2 is 1.63 bits per heavy atom. The first-order chi connectivity index (χ1) is 21.0. The normalized spacial score (nSPS) is 14.7. The number of methoxy groups -OCH3 is 1. The van der Waals surface area contributed by atoms with Crippen molar-refractivity contribution in [3.63, 3.8) is 0 Å². The molecule has 0 spiro atoms. The summed E-state index contributed by atoms with van der Waals surface area (Å²) in [7, 11) is 1.33. The molecule has 0 saturated carbocycles. The number of fused-ring (bicyclic) bond motifs is 1. The van der Waals surface area contributed by atoms with Crippen LogP contribution >= 0.6 is 11.3 Å². The van der Waals surface area contributed by atoms with Crippen LogP contribution in [0.2, 0.25) is 0 Å². The molecule has 9 heteroatoms. The maximum absolute atomic E-state index is 14.0. The average molecular weight is 591 g/mol. The number of carbonyl (C=O) groups is 2. The first-order valence-corrected chi connectivity index (χ1v) is 14.4. The summed E-state index contributed by atoms with van der Waals surface area (Å²) in [5, 5.41) is 0. The van der Waals surface area contributed by atoms with Crippen molar-refractivity contribution in [2.45, 2.75) is 13.0 Å². The van der Waals surface area contributed by atoms with Gasteiger partial charge >= 0.3 is 11.9 Å². The predicted molar refractivity (Wildman–Crippen MR) is 163 cm³/mol. The molecule has 3 heterocycles. The molecule has 0 N–H and O–H groups in total. The lowest BCUT2D eigenvalue weighted by atomic mass is 9.93. The summed E-state index contributed by atoms with van der Waals surface area (Å²) in [6, 6.07) is 28.5. The van der Waals surface area contributed by atoms with E-state index in [1.54, 1.807) is 54.0 Å². The van der Waals surface area contributed by atoms with E-state index in [9.17, 15) is 14.4 Å². The van der Waals surface area contributed by atoms with Gasteiger partial charge in [0, 0.05) is 17.2 Å². The number of esters is 2. The van der Waals surface area contributed by atoms with Crippen LogP contribution in [-0.4, -0.2) is 30.2 Å². The Labute approximate surface area is 250 Å². The molecule has 0 unspecified atom stereocenters. The summed E-state index contributed by atoms with van der Waals surface area (Å²) < 4.78 is 18.4. The Kier molecular flexibility index (Phi) is 7.72. The van der Waals surface area contributed by atoms with Gasteiger partial charge in [0.15, 0.2) is 4.80 Å². The van der Waals surface area contributed by atoms with E-state index in [1.807, 2.05) is 60.7 Å². The van der Waals surface area contributed by atoms with E-state index in [4.69, 9.17) is 18.9 Å². The third kappa shape index (κ3) is 5.26. The Bertz CT molecular complexity index is 2040. The van der Waals surface area contributed by atoms with Crippen LogP contribution in [0.15, 0.2) is 117 Å². The number of furan rings is 1. The Morgan fingerprint density at radius 1 is 0.930 bits per heavy atom. The fourth-order valence-corrected chi connectivity index (χ4v) is 6.06. The molecule has 2 aromatic heterocycles. The maximum atomic E-state index is 14.0. The van der Waals surface area contributed by atoms with E-state index < -0.39 is 18.0 Å². The second kappa shape index (κ2) is 11.9. The Morgan fingerprint density at radius 3 is 2.35 bits per heavy atom. The van der Waals surface area contributed by atoms with Crippen molar-refractivity contribution in [1.29, 1.82) is 0 Å². The van der Waals surface area contributed by atoms with Gasteiger partial charge in [0.1, 0.15) is 11.5 Å². The van der Waals surface area contributed by atoms with Crippen molar-refractivity contribution in [2.24, 2.45) is 4.99 Å². The molecule has 0 radical (unpaired) electrons. The standard InChI is InChI=1S/C34H26N2O6S/c1-3-41-33(39)28-29(21-12-6-4-7-13-21)35-34-36(30(28)22-14-8-5-9-15-22)31(37)27(43-34)20-23-18-19-26(42-23)24-16-10-11-17-25(24)32(38)40-2/h4-20,30H,3H2,1-2H3/b27-20+/t30-/m0/s1. The number of rotatable bonds is 7. The van der Waals surface area contributed by atoms with E-state index in [1.165, 1.54) is 18.4 Å². The number of thiazole rings is 1. The van der Waals surface area contributed by atoms with Crippen LogP contribution in [-0.2, 0) is 14.3 Å². The first kappa shape index (κ1) is 27.9. The lowest BCUT2D eigenvalue weighted by Gasteiger charge is -2.25. The molecule has 8 nitrogen and oxygen atoms in total. The van der Waals surface area contributed by atoms with E-state index in [2.05, 4.69) is 0 Å². The molecule has 0 saturated heterocycles. The monoisotopic (exact) mass is 590 g/mol. The van der Waals surface area contributed by atoms with Gasteiger partial charge in [-0.2, -0.15) is 0 Å². The molecular formula is C34H26N2O6S. The van der Waals surface area contributed by atoms with E-state index >= 15 is 0 Å². The third-order valence-corrected chi connectivity index (χ3v) is 7.97. The van der Waals surface area contributed by atoms with Crippen LogP contribution in [0.3, 0.4) is 0 Å². The number of carbonyl (C=O) groups excluding carboxylic acids is 2. The van der Waals surface area contributed by atoms with Gasteiger partial charge in [0.25, 0.3) is 5.56 Å². The summed E-state index contributed by atoms with van der Waals surface area (Å²) in [4.78, 5) is 45.1. The van der Waals surface area contributed by atoms with Gasteiger partial charge in [-0.05, 0) is 30.7 Å². The van der Waals surface area contributed by atoms with Gasteiger partial charge < -0.3 is 13.9 Å². The first-order valence-electron chi connectivity index (χ1n) is 13.6. The summed E-state index contributed by atoms with van der Waals surface area (Å²) in [5.41, 5.74) is 2.86. The highest BCUT2D eigenvalue weighted by Crippen LogP contribution is 2.35. The molecule has 0 fully saturated rings. The number of hydrogen-bond acceptors (Lipinski definition) is 8. The van der Waals surface area contributed by atoms with Gasteiger partial charge in [0.05, 0.1) is 41.1 Å². The number of hydrogen-bond donors (Lipinski definition) is 0. The second-order valence-corrected chi connectivity index (χ2v) is 10.6. The molecule has 0 bridgehead atoms. The van der Waals surface area contributed by atoms with Gasteiger partial charge in [-0.25, -0.2) is 14.6 Å². The summed E-state index contributed by atoms with van der Waals surface area (Å²) in [6.45, 7) is 1.92. The maximum Gasteiger partial charge on any atom is 0.338 e. The molecule has 1 aliphatic rings. The smallest absolute Gasteiger partial charge is 0.338 e. The predicted octanol–water partition coefficient (Wildman–Crippen LogP) is 4.98. The number of aromatic nitrogens is 1. The van der Waals surface area contributed by atoms with Crippen LogP contribution in [0, 0.1) is 0 Å². The number of nitrogens with zero attached hydrogens (tertiary/aromatic N) is 2. The molecule has 1 aliphatic heterocycles. The van der Waals surface area contributed by atoms with E-state index in [-0.39, 0.29) is 17.7 Å². The zero-order chi connectivity index (χ0) is 29.9. The highest BCUT2D eigenvalue weighted by Gasteiger charge is 2.35. The van der Waals surface area contributed by atoms with Crippen molar-refractivity contribution in [1.82, 2.24) is 4.57 Å². The molecule has 43 heavy (non-hydrogen) atoms. The largest absolute Gasteiger partial charge is 0.465 e. The SMILES string of the molecule is CCOC(=O)C1=C(c2ccccc2)N=c2s/c(=C/c3ccc(-c4ccccc4C(=O)OC)o3)c(=O)n2[C@H]1c1ccccc1. The van der Waals surface area contributed by atoms with Crippen molar-refractivity contribution < 1.29 is 23.5 Å². The minimum atomic E-state index is -0.757. The Hall–Kier alpha value is -5.28. The van der Waals surface area contributed by atoms with Crippen LogP contribution in [0.1, 0.15) is 40.2 Å². The fourth-order valence-electron chi connectivity index (χ4n) is 5.08. The quantitative estimate of drug-likeness (QED) is 0.248. The summed E-state index contributed by atoms with van der Waals surface area (Å²) >= 11 is 1.21. The number of benzene rings is 3. The lowest BCUT2D eigenvalue weighted by molar-refractivity contribution is -0.138. The zero-order valence-corrected chi connectivity index (χ0v) is 24.2. The van der Waals surface area contributed by atoms with Crippen LogP contribution < -0.4 is 14.9 Å². The topological polar surface area (TPSA) is 100 Å². The molecule has 6 rings (SSSR count). The van der Waals surface area contributed by atoms with Gasteiger partial charge in [0.2, 0.25) is 0 Å². The fraction of sp³-hybridized carbons (Fsp3) is 0.118. The average Bonchev–Trinajstić information content (AvgIpc) is 3.64. The highest BCUT2D eigenvalue weighted by molar-refractivity contribution is 7.07. The molecule has 1 atom stereocenters. The van der Waals surface area contributed by atoms with Crippen molar-refractivity contribution in [3.8, 4) is 11.3 Å². The molecule has 214 valence electrons. The zero-order valence-electron chi connectivity index (χ0n) is 23.4.